The number of hydrogen-bond acceptors (Lipinski definition) is 2. The predicted octanol–water partition coefficient (Wildman–Crippen LogP) is 4.85. The van der Waals surface area contributed by atoms with E-state index in [1.54, 1.807) is 6.92 Å². The molecular weight excluding hydrogens is 370 g/mol. The molecule has 104 valence electrons. The molecule has 20 heavy (non-hydrogen) atoms. The van der Waals surface area contributed by atoms with Crippen molar-refractivity contribution in [2.45, 2.75) is 6.92 Å². The van der Waals surface area contributed by atoms with Gasteiger partial charge in [0.05, 0.1) is 25.8 Å². The molecule has 0 spiro atoms. The lowest BCUT2D eigenvalue weighted by atomic mass is 10.2. The van der Waals surface area contributed by atoms with Gasteiger partial charge in [-0.3, -0.25) is 4.79 Å². The number of nitrogens with one attached hydrogen (secondary N) is 1. The molecule has 0 radical (unpaired) electrons. The number of rotatable bonds is 2. The second kappa shape index (κ2) is 6.08. The predicted molar refractivity (Wildman–Crippen MR) is 81.0 cm³/mol. The number of amides is 1. The first-order chi connectivity index (χ1) is 9.40. The number of aryl methyl sites for hydroxylation is 1. The topological polar surface area (TPSA) is 42.0 Å². The summed E-state index contributed by atoms with van der Waals surface area (Å²) < 4.78 is 13.5. The molecule has 0 aliphatic heterocycles. The summed E-state index contributed by atoms with van der Waals surface area (Å²) in [5.41, 5.74) is 0.681. The molecule has 1 amide bonds. The number of benzene rings is 1. The zero-order chi connectivity index (χ0) is 14.9. The summed E-state index contributed by atoms with van der Waals surface area (Å²) in [7, 11) is 0. The molecule has 0 aliphatic rings. The van der Waals surface area contributed by atoms with E-state index in [0.29, 0.717) is 10.7 Å². The highest BCUT2D eigenvalue weighted by molar-refractivity contribution is 9.10. The van der Waals surface area contributed by atoms with Crippen LogP contribution in [0.25, 0.3) is 0 Å². The zero-order valence-corrected chi connectivity index (χ0v) is 13.3. The Morgan fingerprint density at radius 3 is 2.75 bits per heavy atom. The van der Waals surface area contributed by atoms with Crippen molar-refractivity contribution in [2.24, 2.45) is 0 Å². The van der Waals surface area contributed by atoms with E-state index < -0.39 is 11.7 Å². The Balaban J connectivity index is 2.33. The van der Waals surface area contributed by atoms with Crippen molar-refractivity contribution < 1.29 is 9.18 Å². The maximum absolute atomic E-state index is 13.4. The molecule has 2 aromatic rings. The van der Waals surface area contributed by atoms with Crippen molar-refractivity contribution in [1.29, 1.82) is 0 Å². The molecule has 0 saturated heterocycles. The quantitative estimate of drug-likeness (QED) is 0.812. The number of halogens is 4. The van der Waals surface area contributed by atoms with E-state index in [1.165, 1.54) is 24.3 Å². The van der Waals surface area contributed by atoms with Gasteiger partial charge in [0.2, 0.25) is 0 Å². The summed E-state index contributed by atoms with van der Waals surface area (Å²) in [4.78, 5) is 16.2. The molecular formula is C13H8BrCl2FN2O. The van der Waals surface area contributed by atoms with E-state index >= 15 is 0 Å². The molecule has 1 aromatic heterocycles. The van der Waals surface area contributed by atoms with Gasteiger partial charge in [-0.25, -0.2) is 9.37 Å². The van der Waals surface area contributed by atoms with Crippen LogP contribution in [0.3, 0.4) is 0 Å². The Kier molecular flexibility index (Phi) is 4.62. The van der Waals surface area contributed by atoms with E-state index in [9.17, 15) is 9.18 Å². The minimum atomic E-state index is -0.524. The van der Waals surface area contributed by atoms with Crippen molar-refractivity contribution in [1.82, 2.24) is 4.98 Å². The van der Waals surface area contributed by atoms with Crippen LogP contribution in [0.2, 0.25) is 10.0 Å². The summed E-state index contributed by atoms with van der Waals surface area (Å²) in [6.07, 6.45) is 0. The molecule has 0 saturated carbocycles. The van der Waals surface area contributed by atoms with Gasteiger partial charge in [-0.05, 0) is 41.1 Å². The Bertz CT molecular complexity index is 694. The first kappa shape index (κ1) is 15.2. The summed E-state index contributed by atoms with van der Waals surface area (Å²) in [5, 5.41) is 3.14. The highest BCUT2D eigenvalue weighted by atomic mass is 79.9. The van der Waals surface area contributed by atoms with Crippen molar-refractivity contribution >= 4 is 50.9 Å². The SMILES string of the molecule is Cc1nc(NC(=O)c2cccc(F)c2Br)c(Cl)cc1Cl. The number of anilines is 1. The fraction of sp³-hybridized carbons (Fsp3) is 0.0769. The van der Waals surface area contributed by atoms with Gasteiger partial charge in [0.15, 0.2) is 5.82 Å². The minimum Gasteiger partial charge on any atom is -0.305 e. The second-order valence-corrected chi connectivity index (χ2v) is 5.55. The number of aromatic nitrogens is 1. The van der Waals surface area contributed by atoms with Gasteiger partial charge in [-0.15, -0.1) is 0 Å². The Labute approximate surface area is 133 Å². The van der Waals surface area contributed by atoms with Crippen LogP contribution in [0.15, 0.2) is 28.7 Å². The highest BCUT2D eigenvalue weighted by Crippen LogP contribution is 2.27. The van der Waals surface area contributed by atoms with Gasteiger partial charge in [0.1, 0.15) is 5.82 Å². The van der Waals surface area contributed by atoms with E-state index in [-0.39, 0.29) is 20.9 Å². The van der Waals surface area contributed by atoms with E-state index in [0.717, 1.165) is 0 Å². The van der Waals surface area contributed by atoms with Crippen LogP contribution in [0.1, 0.15) is 16.1 Å². The van der Waals surface area contributed by atoms with Crippen LogP contribution in [0.4, 0.5) is 10.2 Å². The largest absolute Gasteiger partial charge is 0.305 e. The minimum absolute atomic E-state index is 0.0827. The maximum atomic E-state index is 13.4. The lowest BCUT2D eigenvalue weighted by Gasteiger charge is -2.09. The van der Waals surface area contributed by atoms with Gasteiger partial charge in [-0.1, -0.05) is 29.3 Å². The maximum Gasteiger partial charge on any atom is 0.258 e. The van der Waals surface area contributed by atoms with Crippen molar-refractivity contribution in [3.05, 3.63) is 55.9 Å². The van der Waals surface area contributed by atoms with Crippen LogP contribution in [-0.2, 0) is 0 Å². The fourth-order valence-electron chi connectivity index (χ4n) is 1.50. The van der Waals surface area contributed by atoms with Crippen molar-refractivity contribution in [2.75, 3.05) is 5.32 Å². The van der Waals surface area contributed by atoms with Gasteiger partial charge in [0.25, 0.3) is 5.91 Å². The molecule has 1 aromatic carbocycles. The third kappa shape index (κ3) is 3.11. The summed E-state index contributed by atoms with van der Waals surface area (Å²) in [5.74, 6) is -0.869. The van der Waals surface area contributed by atoms with Crippen LogP contribution in [-0.4, -0.2) is 10.9 Å². The molecule has 7 heteroatoms. The van der Waals surface area contributed by atoms with E-state index in [1.807, 2.05) is 0 Å². The highest BCUT2D eigenvalue weighted by Gasteiger charge is 2.15. The van der Waals surface area contributed by atoms with Crippen LogP contribution >= 0.6 is 39.1 Å². The van der Waals surface area contributed by atoms with Gasteiger partial charge in [-0.2, -0.15) is 0 Å². The molecule has 2 rings (SSSR count). The average Bonchev–Trinajstić information content (AvgIpc) is 2.39. The normalized spacial score (nSPS) is 10.4. The summed E-state index contributed by atoms with van der Waals surface area (Å²) >= 11 is 14.9. The van der Waals surface area contributed by atoms with Gasteiger partial charge >= 0.3 is 0 Å². The molecule has 1 N–H and O–H groups in total. The Morgan fingerprint density at radius 2 is 2.05 bits per heavy atom. The second-order valence-electron chi connectivity index (χ2n) is 3.94. The molecule has 0 bridgehead atoms. The number of nitrogens with zero attached hydrogens (tertiary/aromatic N) is 1. The van der Waals surface area contributed by atoms with E-state index in [4.69, 9.17) is 23.2 Å². The molecule has 3 nitrogen and oxygen atoms in total. The van der Waals surface area contributed by atoms with Gasteiger partial charge in [0, 0.05) is 0 Å². The molecule has 0 atom stereocenters. The average molecular weight is 378 g/mol. The Morgan fingerprint density at radius 1 is 1.35 bits per heavy atom. The third-order valence-corrected chi connectivity index (χ3v) is 4.01. The van der Waals surface area contributed by atoms with Crippen LogP contribution in [0, 0.1) is 12.7 Å². The summed E-state index contributed by atoms with van der Waals surface area (Å²) in [6.45, 7) is 1.69. The summed E-state index contributed by atoms with van der Waals surface area (Å²) in [6, 6.07) is 5.66. The number of carbonyl (C=O) groups excluding carboxylic acids is 1. The fourth-order valence-corrected chi connectivity index (χ4v) is 2.35. The van der Waals surface area contributed by atoms with Crippen LogP contribution < -0.4 is 5.32 Å². The standard InChI is InChI=1S/C13H8BrCl2FN2O/c1-6-8(15)5-9(16)12(18-6)19-13(20)7-3-2-4-10(17)11(7)14/h2-5H,1H3,(H,18,19,20). The van der Waals surface area contributed by atoms with Crippen molar-refractivity contribution in [3.63, 3.8) is 0 Å². The number of pyridine rings is 1. The number of carbonyl (C=O) groups is 1. The molecule has 0 aliphatic carbocycles. The lowest BCUT2D eigenvalue weighted by molar-refractivity contribution is 0.102. The van der Waals surface area contributed by atoms with E-state index in [2.05, 4.69) is 26.2 Å². The Hall–Kier alpha value is -1.17. The first-order valence-electron chi connectivity index (χ1n) is 5.48. The zero-order valence-electron chi connectivity index (χ0n) is 10.2. The van der Waals surface area contributed by atoms with Crippen LogP contribution in [0.5, 0.6) is 0 Å². The lowest BCUT2D eigenvalue weighted by Crippen LogP contribution is -2.14. The van der Waals surface area contributed by atoms with Crippen molar-refractivity contribution in [3.8, 4) is 0 Å². The molecule has 1 heterocycles. The molecule has 0 fully saturated rings. The first-order valence-corrected chi connectivity index (χ1v) is 7.03. The van der Waals surface area contributed by atoms with Gasteiger partial charge < -0.3 is 5.32 Å². The smallest absolute Gasteiger partial charge is 0.258 e. The molecule has 0 unspecified atom stereocenters. The third-order valence-electron chi connectivity index (χ3n) is 2.53. The number of hydrogen-bond donors (Lipinski definition) is 1. The monoisotopic (exact) mass is 376 g/mol.